The molecular weight excluding hydrogens is 302 g/mol. The second-order valence-corrected chi connectivity index (χ2v) is 5.63. The van der Waals surface area contributed by atoms with E-state index in [-0.39, 0.29) is 18.4 Å². The summed E-state index contributed by atoms with van der Waals surface area (Å²) in [6.07, 6.45) is 0. The zero-order chi connectivity index (χ0) is 15.5. The standard InChI is InChI=1S/C17H16ClNO3/c18-12-7-5-11(6-8-12)15(9-20)19-17(21)14-10-22-16-4-2-1-3-13(14)16/h1-8,14-15,20H,9-10H2,(H,19,21). The summed E-state index contributed by atoms with van der Waals surface area (Å²) in [7, 11) is 0. The number of rotatable bonds is 4. The van der Waals surface area contributed by atoms with Gasteiger partial charge in [0.2, 0.25) is 5.91 Å². The third-order valence-electron chi connectivity index (χ3n) is 3.79. The average Bonchev–Trinajstić information content (AvgIpc) is 2.97. The van der Waals surface area contributed by atoms with Crippen LogP contribution in [0.1, 0.15) is 23.1 Å². The highest BCUT2D eigenvalue weighted by molar-refractivity contribution is 6.30. The van der Waals surface area contributed by atoms with E-state index in [1.165, 1.54) is 0 Å². The Morgan fingerprint density at radius 1 is 1.27 bits per heavy atom. The van der Waals surface area contributed by atoms with Gasteiger partial charge >= 0.3 is 0 Å². The maximum Gasteiger partial charge on any atom is 0.231 e. The summed E-state index contributed by atoms with van der Waals surface area (Å²) in [4.78, 5) is 12.5. The number of fused-ring (bicyclic) bond motifs is 1. The molecule has 0 aromatic heterocycles. The van der Waals surface area contributed by atoms with Gasteiger partial charge < -0.3 is 15.2 Å². The van der Waals surface area contributed by atoms with Crippen molar-refractivity contribution in [1.82, 2.24) is 5.32 Å². The second-order valence-electron chi connectivity index (χ2n) is 5.20. The average molecular weight is 318 g/mol. The summed E-state index contributed by atoms with van der Waals surface area (Å²) in [5.41, 5.74) is 1.69. The lowest BCUT2D eigenvalue weighted by Gasteiger charge is -2.19. The van der Waals surface area contributed by atoms with Crippen molar-refractivity contribution in [3.05, 3.63) is 64.7 Å². The largest absolute Gasteiger partial charge is 0.492 e. The third kappa shape index (κ3) is 2.93. The molecule has 2 atom stereocenters. The summed E-state index contributed by atoms with van der Waals surface area (Å²) in [6, 6.07) is 14.1. The van der Waals surface area contributed by atoms with Crippen LogP contribution in [-0.4, -0.2) is 24.2 Å². The molecule has 1 heterocycles. The minimum atomic E-state index is -0.461. The van der Waals surface area contributed by atoms with Gasteiger partial charge in [0.1, 0.15) is 18.3 Å². The van der Waals surface area contributed by atoms with Crippen molar-refractivity contribution >= 4 is 17.5 Å². The lowest BCUT2D eigenvalue weighted by molar-refractivity contribution is -0.123. The number of carbonyl (C=O) groups excluding carboxylic acids is 1. The van der Waals surface area contributed by atoms with Gasteiger partial charge in [0.05, 0.1) is 12.6 Å². The Labute approximate surface area is 133 Å². The summed E-state index contributed by atoms with van der Waals surface area (Å²) in [6.45, 7) is 0.145. The number of para-hydroxylation sites is 1. The first-order valence-electron chi connectivity index (χ1n) is 7.07. The minimum Gasteiger partial charge on any atom is -0.492 e. The summed E-state index contributed by atoms with van der Waals surface area (Å²) >= 11 is 5.86. The molecule has 2 aromatic rings. The normalized spacial score (nSPS) is 17.5. The Bertz CT molecular complexity index is 672. The monoisotopic (exact) mass is 317 g/mol. The van der Waals surface area contributed by atoms with Crippen LogP contribution in [0.2, 0.25) is 5.02 Å². The Balaban J connectivity index is 1.74. The van der Waals surface area contributed by atoms with Crippen molar-refractivity contribution in [2.45, 2.75) is 12.0 Å². The van der Waals surface area contributed by atoms with E-state index < -0.39 is 6.04 Å². The summed E-state index contributed by atoms with van der Waals surface area (Å²) in [5.74, 6) is 0.242. The summed E-state index contributed by atoms with van der Waals surface area (Å²) < 4.78 is 5.53. The molecule has 1 aliphatic heterocycles. The van der Waals surface area contributed by atoms with Crippen LogP contribution in [0.5, 0.6) is 5.75 Å². The quantitative estimate of drug-likeness (QED) is 0.911. The fraction of sp³-hybridized carbons (Fsp3) is 0.235. The molecule has 0 saturated heterocycles. The molecule has 22 heavy (non-hydrogen) atoms. The molecule has 0 radical (unpaired) electrons. The van der Waals surface area contributed by atoms with E-state index in [9.17, 15) is 9.90 Å². The van der Waals surface area contributed by atoms with Crippen LogP contribution < -0.4 is 10.1 Å². The van der Waals surface area contributed by atoms with Crippen LogP contribution in [0, 0.1) is 0 Å². The number of amides is 1. The van der Waals surface area contributed by atoms with Crippen LogP contribution in [0.3, 0.4) is 0 Å². The number of ether oxygens (including phenoxy) is 1. The highest BCUT2D eigenvalue weighted by Crippen LogP contribution is 2.33. The van der Waals surface area contributed by atoms with Crippen LogP contribution in [0.25, 0.3) is 0 Å². The molecule has 0 spiro atoms. The van der Waals surface area contributed by atoms with Gasteiger partial charge in [0.15, 0.2) is 0 Å². The predicted octanol–water partition coefficient (Wildman–Crippen LogP) is 2.67. The maximum absolute atomic E-state index is 12.5. The molecule has 0 saturated carbocycles. The molecule has 0 aliphatic carbocycles. The predicted molar refractivity (Wildman–Crippen MR) is 84.1 cm³/mol. The number of nitrogens with one attached hydrogen (secondary N) is 1. The highest BCUT2D eigenvalue weighted by Gasteiger charge is 2.31. The van der Waals surface area contributed by atoms with Crippen LogP contribution in [-0.2, 0) is 4.79 Å². The Morgan fingerprint density at radius 2 is 2.00 bits per heavy atom. The third-order valence-corrected chi connectivity index (χ3v) is 4.04. The van der Waals surface area contributed by atoms with E-state index in [2.05, 4.69) is 5.32 Å². The molecule has 1 amide bonds. The van der Waals surface area contributed by atoms with Gasteiger partial charge in [0, 0.05) is 10.6 Å². The Hall–Kier alpha value is -2.04. The number of carbonyl (C=O) groups is 1. The van der Waals surface area contributed by atoms with Gasteiger partial charge in [-0.1, -0.05) is 41.9 Å². The number of hydrogen-bond donors (Lipinski definition) is 2. The van der Waals surface area contributed by atoms with E-state index in [1.54, 1.807) is 24.3 Å². The van der Waals surface area contributed by atoms with E-state index in [0.717, 1.165) is 16.9 Å². The Kier molecular flexibility index (Phi) is 4.32. The fourth-order valence-corrected chi connectivity index (χ4v) is 2.71. The first-order valence-corrected chi connectivity index (χ1v) is 7.45. The van der Waals surface area contributed by atoms with E-state index in [0.29, 0.717) is 11.6 Å². The highest BCUT2D eigenvalue weighted by atomic mass is 35.5. The number of benzene rings is 2. The van der Waals surface area contributed by atoms with Crippen molar-refractivity contribution in [2.75, 3.05) is 13.2 Å². The van der Waals surface area contributed by atoms with E-state index in [4.69, 9.17) is 16.3 Å². The Morgan fingerprint density at radius 3 is 2.73 bits per heavy atom. The SMILES string of the molecule is O=C(NC(CO)c1ccc(Cl)cc1)C1COc2ccccc21. The number of aliphatic hydroxyl groups excluding tert-OH is 1. The molecule has 114 valence electrons. The first-order chi connectivity index (χ1) is 10.7. The molecule has 3 rings (SSSR count). The number of halogens is 1. The second kappa shape index (κ2) is 6.38. The van der Waals surface area contributed by atoms with Gasteiger partial charge in [-0.2, -0.15) is 0 Å². The molecule has 4 nitrogen and oxygen atoms in total. The van der Waals surface area contributed by atoms with Gasteiger partial charge in [-0.25, -0.2) is 0 Å². The minimum absolute atomic E-state index is 0.154. The van der Waals surface area contributed by atoms with Crippen molar-refractivity contribution < 1.29 is 14.6 Å². The van der Waals surface area contributed by atoms with Crippen molar-refractivity contribution in [1.29, 1.82) is 0 Å². The van der Waals surface area contributed by atoms with Crippen molar-refractivity contribution in [3.63, 3.8) is 0 Å². The lowest BCUT2D eigenvalue weighted by atomic mass is 9.99. The molecule has 5 heteroatoms. The van der Waals surface area contributed by atoms with Crippen LogP contribution in [0.4, 0.5) is 0 Å². The first kappa shape index (κ1) is 14.9. The summed E-state index contributed by atoms with van der Waals surface area (Å²) in [5, 5.41) is 13.0. The molecule has 1 aliphatic rings. The molecule has 0 bridgehead atoms. The smallest absolute Gasteiger partial charge is 0.231 e. The van der Waals surface area contributed by atoms with Gasteiger partial charge in [0.25, 0.3) is 0 Å². The molecule has 2 N–H and O–H groups in total. The van der Waals surface area contributed by atoms with E-state index >= 15 is 0 Å². The lowest BCUT2D eigenvalue weighted by Crippen LogP contribution is -2.35. The number of aliphatic hydroxyl groups is 1. The topological polar surface area (TPSA) is 58.6 Å². The number of hydrogen-bond acceptors (Lipinski definition) is 3. The molecule has 2 aromatic carbocycles. The molecular formula is C17H16ClNO3. The molecule has 0 fully saturated rings. The van der Waals surface area contributed by atoms with Crippen LogP contribution in [0.15, 0.2) is 48.5 Å². The van der Waals surface area contributed by atoms with Crippen molar-refractivity contribution in [3.8, 4) is 5.75 Å². The van der Waals surface area contributed by atoms with Crippen LogP contribution >= 0.6 is 11.6 Å². The maximum atomic E-state index is 12.5. The zero-order valence-electron chi connectivity index (χ0n) is 11.8. The van der Waals surface area contributed by atoms with Gasteiger partial charge in [-0.05, 0) is 23.8 Å². The van der Waals surface area contributed by atoms with Gasteiger partial charge in [-0.3, -0.25) is 4.79 Å². The van der Waals surface area contributed by atoms with Crippen molar-refractivity contribution in [2.24, 2.45) is 0 Å². The van der Waals surface area contributed by atoms with Gasteiger partial charge in [-0.15, -0.1) is 0 Å². The fourth-order valence-electron chi connectivity index (χ4n) is 2.58. The zero-order valence-corrected chi connectivity index (χ0v) is 12.6. The molecule has 2 unspecified atom stereocenters. The van der Waals surface area contributed by atoms with E-state index in [1.807, 2.05) is 24.3 Å².